The first-order valence-corrected chi connectivity index (χ1v) is 5.04. The Morgan fingerprint density at radius 3 is 2.86 bits per heavy atom. The van der Waals surface area contributed by atoms with E-state index in [4.69, 9.17) is 11.6 Å². The van der Waals surface area contributed by atoms with E-state index in [0.29, 0.717) is 10.9 Å². The summed E-state index contributed by atoms with van der Waals surface area (Å²) in [4.78, 5) is 0. The van der Waals surface area contributed by atoms with Crippen molar-refractivity contribution < 1.29 is 0 Å². The molecule has 0 amide bonds. The number of hydrogen-bond donors (Lipinski definition) is 0. The maximum Gasteiger partial charge on any atom is 0.160 e. The fourth-order valence-electron chi connectivity index (χ4n) is 1.42. The molecule has 0 spiro atoms. The summed E-state index contributed by atoms with van der Waals surface area (Å²) in [7, 11) is 0. The third-order valence-electron chi connectivity index (χ3n) is 2.03. The third kappa shape index (κ3) is 1.73. The minimum absolute atomic E-state index is 0.571. The SMILES string of the molecule is CC(C)Cc1nnc2ccc(Cl)cn12. The Hall–Kier alpha value is -1.09. The van der Waals surface area contributed by atoms with Crippen molar-refractivity contribution in [2.45, 2.75) is 20.3 Å². The van der Waals surface area contributed by atoms with Crippen LogP contribution in [-0.2, 0) is 6.42 Å². The smallest absolute Gasteiger partial charge is 0.160 e. The number of aromatic nitrogens is 3. The fraction of sp³-hybridized carbons (Fsp3) is 0.400. The van der Waals surface area contributed by atoms with Crippen molar-refractivity contribution in [2.24, 2.45) is 5.92 Å². The van der Waals surface area contributed by atoms with Gasteiger partial charge in [-0.25, -0.2) is 0 Å². The van der Waals surface area contributed by atoms with Crippen LogP contribution in [0.5, 0.6) is 0 Å². The van der Waals surface area contributed by atoms with Crippen LogP contribution in [0.3, 0.4) is 0 Å². The predicted molar refractivity (Wildman–Crippen MR) is 56.5 cm³/mol. The van der Waals surface area contributed by atoms with Crippen molar-refractivity contribution >= 4 is 17.2 Å². The molecule has 0 unspecified atom stereocenters. The quantitative estimate of drug-likeness (QED) is 0.761. The number of halogens is 1. The normalized spacial score (nSPS) is 11.4. The van der Waals surface area contributed by atoms with Gasteiger partial charge >= 0.3 is 0 Å². The van der Waals surface area contributed by atoms with E-state index in [2.05, 4.69) is 24.0 Å². The Bertz CT molecular complexity index is 448. The molecule has 0 saturated carbocycles. The van der Waals surface area contributed by atoms with Crippen LogP contribution in [0, 0.1) is 5.92 Å². The highest BCUT2D eigenvalue weighted by molar-refractivity contribution is 6.30. The van der Waals surface area contributed by atoms with E-state index in [0.717, 1.165) is 17.9 Å². The highest BCUT2D eigenvalue weighted by Crippen LogP contribution is 2.13. The molecule has 0 aromatic carbocycles. The van der Waals surface area contributed by atoms with Gasteiger partial charge in [-0.3, -0.25) is 4.40 Å². The van der Waals surface area contributed by atoms with Gasteiger partial charge in [-0.05, 0) is 18.1 Å². The predicted octanol–water partition coefficient (Wildman–Crippen LogP) is 2.58. The Balaban J connectivity index is 2.50. The molecule has 0 aliphatic heterocycles. The van der Waals surface area contributed by atoms with Gasteiger partial charge in [0.15, 0.2) is 5.65 Å². The second-order valence-electron chi connectivity index (χ2n) is 3.79. The molecule has 2 rings (SSSR count). The molecule has 2 aromatic heterocycles. The van der Waals surface area contributed by atoms with Gasteiger partial charge in [0.2, 0.25) is 0 Å². The van der Waals surface area contributed by atoms with Crippen molar-refractivity contribution in [3.8, 4) is 0 Å². The average Bonchev–Trinajstić information content (AvgIpc) is 2.47. The highest BCUT2D eigenvalue weighted by atomic mass is 35.5. The van der Waals surface area contributed by atoms with Gasteiger partial charge in [-0.2, -0.15) is 0 Å². The first kappa shape index (κ1) is 9.46. The van der Waals surface area contributed by atoms with Crippen molar-refractivity contribution in [3.63, 3.8) is 0 Å². The molecule has 3 nitrogen and oxygen atoms in total. The third-order valence-corrected chi connectivity index (χ3v) is 2.25. The Labute approximate surface area is 87.7 Å². The van der Waals surface area contributed by atoms with Crippen LogP contribution in [0.4, 0.5) is 0 Å². The van der Waals surface area contributed by atoms with Gasteiger partial charge < -0.3 is 0 Å². The second kappa shape index (κ2) is 3.58. The summed E-state index contributed by atoms with van der Waals surface area (Å²) in [5.41, 5.74) is 0.852. The summed E-state index contributed by atoms with van der Waals surface area (Å²) in [5, 5.41) is 8.91. The number of rotatable bonds is 2. The lowest BCUT2D eigenvalue weighted by Gasteiger charge is -2.02. The lowest BCUT2D eigenvalue weighted by molar-refractivity contribution is 0.616. The summed E-state index contributed by atoms with van der Waals surface area (Å²) in [6, 6.07) is 3.70. The maximum atomic E-state index is 5.91. The van der Waals surface area contributed by atoms with Crippen LogP contribution in [0.25, 0.3) is 5.65 Å². The van der Waals surface area contributed by atoms with Crippen molar-refractivity contribution in [1.82, 2.24) is 14.6 Å². The summed E-state index contributed by atoms with van der Waals surface area (Å²) >= 11 is 5.91. The standard InChI is InChI=1S/C10H12ClN3/c1-7(2)5-10-13-12-9-4-3-8(11)6-14(9)10/h3-4,6-7H,5H2,1-2H3. The molecule has 0 aliphatic carbocycles. The molecule has 14 heavy (non-hydrogen) atoms. The number of fused-ring (bicyclic) bond motifs is 1. The van der Waals surface area contributed by atoms with E-state index in [1.807, 2.05) is 22.7 Å². The Morgan fingerprint density at radius 2 is 2.14 bits per heavy atom. The molecule has 0 bridgehead atoms. The van der Waals surface area contributed by atoms with E-state index in [-0.39, 0.29) is 0 Å². The van der Waals surface area contributed by atoms with Crippen LogP contribution in [0.15, 0.2) is 18.3 Å². The van der Waals surface area contributed by atoms with Crippen LogP contribution in [0.2, 0.25) is 5.02 Å². The molecule has 74 valence electrons. The topological polar surface area (TPSA) is 30.2 Å². The lowest BCUT2D eigenvalue weighted by atomic mass is 10.1. The van der Waals surface area contributed by atoms with Crippen LogP contribution in [0.1, 0.15) is 19.7 Å². The average molecular weight is 210 g/mol. The first-order valence-electron chi connectivity index (χ1n) is 4.66. The largest absolute Gasteiger partial charge is 0.285 e. The summed E-state index contributed by atoms with van der Waals surface area (Å²) in [6.07, 6.45) is 2.77. The van der Waals surface area contributed by atoms with E-state index < -0.39 is 0 Å². The van der Waals surface area contributed by atoms with Crippen LogP contribution < -0.4 is 0 Å². The molecule has 0 fully saturated rings. The van der Waals surface area contributed by atoms with E-state index in [9.17, 15) is 0 Å². The molecule has 0 radical (unpaired) electrons. The molecule has 2 aromatic rings. The number of pyridine rings is 1. The first-order chi connectivity index (χ1) is 6.66. The number of hydrogen-bond acceptors (Lipinski definition) is 2. The molecule has 0 atom stereocenters. The Kier molecular flexibility index (Phi) is 2.42. The van der Waals surface area contributed by atoms with Crippen LogP contribution in [-0.4, -0.2) is 14.6 Å². The summed E-state index contributed by atoms with van der Waals surface area (Å²) in [5.74, 6) is 1.54. The maximum absolute atomic E-state index is 5.91. The van der Waals surface area contributed by atoms with Crippen molar-refractivity contribution in [1.29, 1.82) is 0 Å². The molecule has 0 saturated heterocycles. The van der Waals surface area contributed by atoms with Gasteiger partial charge in [0.05, 0.1) is 5.02 Å². The van der Waals surface area contributed by atoms with E-state index in [1.165, 1.54) is 0 Å². The van der Waals surface area contributed by atoms with Gasteiger partial charge in [-0.15, -0.1) is 10.2 Å². The Morgan fingerprint density at radius 1 is 1.36 bits per heavy atom. The molecule has 2 heterocycles. The highest BCUT2D eigenvalue weighted by Gasteiger charge is 2.06. The molecular weight excluding hydrogens is 198 g/mol. The molecular formula is C10H12ClN3. The van der Waals surface area contributed by atoms with Crippen molar-refractivity contribution in [2.75, 3.05) is 0 Å². The van der Waals surface area contributed by atoms with Gasteiger partial charge in [0.1, 0.15) is 5.82 Å². The summed E-state index contributed by atoms with van der Waals surface area (Å²) < 4.78 is 1.95. The minimum atomic E-state index is 0.571. The van der Waals surface area contributed by atoms with Gasteiger partial charge in [0, 0.05) is 12.6 Å². The van der Waals surface area contributed by atoms with Crippen molar-refractivity contribution in [3.05, 3.63) is 29.2 Å². The minimum Gasteiger partial charge on any atom is -0.285 e. The summed E-state index contributed by atoms with van der Waals surface area (Å²) in [6.45, 7) is 4.32. The molecule has 0 N–H and O–H groups in total. The van der Waals surface area contributed by atoms with Gasteiger partial charge in [-0.1, -0.05) is 25.4 Å². The zero-order valence-corrected chi connectivity index (χ0v) is 8.99. The van der Waals surface area contributed by atoms with E-state index >= 15 is 0 Å². The zero-order valence-electron chi connectivity index (χ0n) is 8.24. The molecule has 4 heteroatoms. The van der Waals surface area contributed by atoms with E-state index in [1.54, 1.807) is 0 Å². The van der Waals surface area contributed by atoms with Crippen LogP contribution >= 0.6 is 11.6 Å². The fourth-order valence-corrected chi connectivity index (χ4v) is 1.58. The monoisotopic (exact) mass is 209 g/mol. The molecule has 0 aliphatic rings. The lowest BCUT2D eigenvalue weighted by Crippen LogP contribution is -2.00. The second-order valence-corrected chi connectivity index (χ2v) is 4.23. The zero-order chi connectivity index (χ0) is 10.1. The van der Waals surface area contributed by atoms with Gasteiger partial charge in [0.25, 0.3) is 0 Å². The number of nitrogens with zero attached hydrogens (tertiary/aromatic N) is 3.